The van der Waals surface area contributed by atoms with Crippen LogP contribution >= 0.6 is 11.8 Å². The Morgan fingerprint density at radius 2 is 2.64 bits per heavy atom. The molecule has 1 heterocycles. The smallest absolute Gasteiger partial charge is 0.244 e. The lowest BCUT2D eigenvalue weighted by Crippen LogP contribution is -2.11. The lowest BCUT2D eigenvalue weighted by molar-refractivity contribution is 0.853. The molecule has 0 aromatic carbocycles. The first-order valence-corrected chi connectivity index (χ1v) is 3.97. The number of thioether (sulfide) groups is 1. The number of nitrogens with zero attached hydrogens (tertiary/aromatic N) is 2. The molecule has 1 N–H and O–H groups in total. The van der Waals surface area contributed by atoms with Crippen molar-refractivity contribution < 1.29 is 0 Å². The fraction of sp³-hybridized carbons (Fsp3) is 0.167. The third-order valence-electron chi connectivity index (χ3n) is 0.896. The minimum Gasteiger partial charge on any atom is -0.244 e. The van der Waals surface area contributed by atoms with Gasteiger partial charge in [0.2, 0.25) is 0 Å². The molecule has 0 saturated heterocycles. The third-order valence-corrected chi connectivity index (χ3v) is 1.79. The minimum atomic E-state index is -0.418. The summed E-state index contributed by atoms with van der Waals surface area (Å²) in [5, 5.41) is 6.39. The van der Waals surface area contributed by atoms with E-state index < -0.39 is 5.69 Å². The summed E-state index contributed by atoms with van der Waals surface area (Å²) in [5.41, 5.74) is -0.418. The van der Waals surface area contributed by atoms with Crippen molar-refractivity contribution in [2.75, 3.05) is 5.75 Å². The average Bonchev–Trinajstić information content (AvgIpc) is 2.01. The van der Waals surface area contributed by atoms with Gasteiger partial charge in [-0.1, -0.05) is 6.08 Å². The van der Waals surface area contributed by atoms with Gasteiger partial charge in [0.05, 0.1) is 6.20 Å². The molecular formula is C6H7N3OS. The summed E-state index contributed by atoms with van der Waals surface area (Å²) in [6.45, 7) is 3.54. The quantitative estimate of drug-likeness (QED) is 0.527. The van der Waals surface area contributed by atoms with E-state index in [0.717, 1.165) is 5.75 Å². The molecule has 0 bridgehead atoms. The van der Waals surface area contributed by atoms with Gasteiger partial charge in [0.1, 0.15) is 5.03 Å². The Labute approximate surface area is 67.7 Å². The molecule has 0 unspecified atom stereocenters. The first kappa shape index (κ1) is 8.00. The fourth-order valence-corrected chi connectivity index (χ4v) is 1.07. The number of nitrogens with one attached hydrogen (secondary N) is 1. The largest absolute Gasteiger partial charge is 0.362 e. The summed E-state index contributed by atoms with van der Waals surface area (Å²) in [4.78, 5) is 14.2. The highest BCUT2D eigenvalue weighted by molar-refractivity contribution is 7.99. The molecule has 1 aromatic heterocycles. The van der Waals surface area contributed by atoms with Gasteiger partial charge in [-0.25, -0.2) is 9.89 Å². The molecule has 1 aromatic rings. The lowest BCUT2D eigenvalue weighted by Gasteiger charge is -1.92. The molecular weight excluding hydrogens is 162 g/mol. The predicted octanol–water partition coefficient (Wildman–Crippen LogP) is 0.443. The first-order valence-electron chi connectivity index (χ1n) is 2.98. The molecule has 5 heteroatoms. The number of rotatable bonds is 3. The molecule has 4 nitrogen and oxygen atoms in total. The van der Waals surface area contributed by atoms with Crippen molar-refractivity contribution in [2.24, 2.45) is 0 Å². The Kier molecular flexibility index (Phi) is 2.85. The Balaban J connectivity index is 2.71. The van der Waals surface area contributed by atoms with Crippen LogP contribution in [-0.2, 0) is 0 Å². The zero-order chi connectivity index (χ0) is 8.10. The van der Waals surface area contributed by atoms with E-state index in [9.17, 15) is 4.79 Å². The number of hydrogen-bond donors (Lipinski definition) is 1. The molecule has 0 radical (unpaired) electrons. The topological polar surface area (TPSA) is 58.6 Å². The fourth-order valence-electron chi connectivity index (χ4n) is 0.511. The van der Waals surface area contributed by atoms with Crippen LogP contribution in [0.3, 0.4) is 0 Å². The van der Waals surface area contributed by atoms with E-state index in [4.69, 9.17) is 0 Å². The molecule has 58 valence electrons. The van der Waals surface area contributed by atoms with Gasteiger partial charge >= 0.3 is 5.69 Å². The molecule has 0 aliphatic rings. The highest BCUT2D eigenvalue weighted by Gasteiger charge is 1.93. The van der Waals surface area contributed by atoms with Gasteiger partial charge in [0.25, 0.3) is 0 Å². The van der Waals surface area contributed by atoms with Crippen LogP contribution in [-0.4, -0.2) is 20.9 Å². The third kappa shape index (κ3) is 2.55. The second-order valence-corrected chi connectivity index (χ2v) is 2.77. The van der Waals surface area contributed by atoms with Crippen LogP contribution in [0.25, 0.3) is 0 Å². The highest BCUT2D eigenvalue weighted by atomic mass is 32.2. The zero-order valence-electron chi connectivity index (χ0n) is 5.78. The van der Waals surface area contributed by atoms with Crippen molar-refractivity contribution in [1.29, 1.82) is 0 Å². The summed E-state index contributed by atoms with van der Waals surface area (Å²) >= 11 is 1.42. The van der Waals surface area contributed by atoms with E-state index in [1.54, 1.807) is 6.08 Å². The van der Waals surface area contributed by atoms with Crippen LogP contribution in [0.1, 0.15) is 0 Å². The second kappa shape index (κ2) is 3.92. The maximum Gasteiger partial charge on any atom is 0.362 e. The zero-order valence-corrected chi connectivity index (χ0v) is 6.60. The van der Waals surface area contributed by atoms with Crippen LogP contribution in [0.2, 0.25) is 0 Å². The number of H-pyrrole nitrogens is 1. The van der Waals surface area contributed by atoms with Crippen molar-refractivity contribution in [3.8, 4) is 0 Å². The molecule has 0 fully saturated rings. The molecule has 1 rings (SSSR count). The van der Waals surface area contributed by atoms with Crippen molar-refractivity contribution >= 4 is 11.8 Å². The molecule has 0 aliphatic heterocycles. The Bertz CT molecular complexity index is 296. The van der Waals surface area contributed by atoms with E-state index in [-0.39, 0.29) is 0 Å². The van der Waals surface area contributed by atoms with Gasteiger partial charge in [-0.2, -0.15) is 10.1 Å². The van der Waals surface area contributed by atoms with Crippen molar-refractivity contribution in [1.82, 2.24) is 15.2 Å². The van der Waals surface area contributed by atoms with Gasteiger partial charge < -0.3 is 0 Å². The lowest BCUT2D eigenvalue weighted by atomic mass is 10.8. The van der Waals surface area contributed by atoms with Crippen molar-refractivity contribution in [3.63, 3.8) is 0 Å². The Morgan fingerprint density at radius 3 is 3.27 bits per heavy atom. The standard InChI is InChI=1S/C6H7N3OS/c1-2-3-11-5-4-7-9-6(10)8-5/h2,4H,1,3H2,(H,8,9,10). The maximum absolute atomic E-state index is 10.6. The number of aromatic amines is 1. The normalized spacial score (nSPS) is 9.45. The number of hydrogen-bond acceptors (Lipinski definition) is 4. The highest BCUT2D eigenvalue weighted by Crippen LogP contribution is 2.10. The molecule has 0 atom stereocenters. The minimum absolute atomic E-state index is 0.418. The van der Waals surface area contributed by atoms with Gasteiger partial charge in [-0.15, -0.1) is 18.3 Å². The average molecular weight is 169 g/mol. The second-order valence-electron chi connectivity index (χ2n) is 1.72. The summed E-state index contributed by atoms with van der Waals surface area (Å²) < 4.78 is 0. The summed E-state index contributed by atoms with van der Waals surface area (Å²) in [6, 6.07) is 0. The van der Waals surface area contributed by atoms with Crippen molar-refractivity contribution in [3.05, 3.63) is 29.3 Å². The Hall–Kier alpha value is -1.10. The predicted molar refractivity (Wildman–Crippen MR) is 43.6 cm³/mol. The molecule has 0 aliphatic carbocycles. The van der Waals surface area contributed by atoms with Gasteiger partial charge in [0, 0.05) is 5.75 Å². The first-order chi connectivity index (χ1) is 5.33. The van der Waals surface area contributed by atoms with E-state index in [0.29, 0.717) is 5.03 Å². The maximum atomic E-state index is 10.6. The summed E-state index contributed by atoms with van der Waals surface area (Å²) in [7, 11) is 0. The molecule has 11 heavy (non-hydrogen) atoms. The van der Waals surface area contributed by atoms with E-state index in [1.807, 2.05) is 0 Å². The monoisotopic (exact) mass is 169 g/mol. The molecule has 0 spiro atoms. The number of aromatic nitrogens is 3. The Morgan fingerprint density at radius 1 is 1.82 bits per heavy atom. The van der Waals surface area contributed by atoms with Gasteiger partial charge in [0.15, 0.2) is 0 Å². The van der Waals surface area contributed by atoms with Crippen LogP contribution in [0.4, 0.5) is 0 Å². The summed E-state index contributed by atoms with van der Waals surface area (Å²) in [6.07, 6.45) is 3.25. The van der Waals surface area contributed by atoms with E-state index in [2.05, 4.69) is 21.8 Å². The van der Waals surface area contributed by atoms with Gasteiger partial charge in [-0.05, 0) is 0 Å². The SMILES string of the molecule is C=CCSc1cn[nH]c(=O)n1. The van der Waals surface area contributed by atoms with Crippen molar-refractivity contribution in [2.45, 2.75) is 5.03 Å². The van der Waals surface area contributed by atoms with Crippen LogP contribution in [0, 0.1) is 0 Å². The van der Waals surface area contributed by atoms with Crippen LogP contribution < -0.4 is 5.69 Å². The summed E-state index contributed by atoms with van der Waals surface area (Å²) in [5.74, 6) is 0.734. The molecule has 0 amide bonds. The molecule has 0 saturated carbocycles. The van der Waals surface area contributed by atoms with Gasteiger partial charge in [-0.3, -0.25) is 0 Å². The van der Waals surface area contributed by atoms with E-state index >= 15 is 0 Å². The van der Waals surface area contributed by atoms with E-state index in [1.165, 1.54) is 18.0 Å². The van der Waals surface area contributed by atoms with Crippen LogP contribution in [0.5, 0.6) is 0 Å². The van der Waals surface area contributed by atoms with Crippen LogP contribution in [0.15, 0.2) is 28.7 Å².